The van der Waals surface area contributed by atoms with Crippen LogP contribution in [-0.4, -0.2) is 34.6 Å². The van der Waals surface area contributed by atoms with Crippen LogP contribution >= 0.6 is 22.3 Å². The van der Waals surface area contributed by atoms with E-state index >= 15 is 0 Å². The van der Waals surface area contributed by atoms with Gasteiger partial charge in [0.1, 0.15) is 0 Å². The van der Waals surface area contributed by atoms with Gasteiger partial charge in [-0.2, -0.15) is 0 Å². The summed E-state index contributed by atoms with van der Waals surface area (Å²) in [5.41, 5.74) is 0.0676. The summed E-state index contributed by atoms with van der Waals surface area (Å²) in [7, 11) is 2.91. The molecule has 0 spiro atoms. The van der Waals surface area contributed by atoms with Gasteiger partial charge in [0, 0.05) is 24.3 Å². The molecule has 0 fully saturated rings. The normalized spacial score (nSPS) is 13.0. The lowest BCUT2D eigenvalue weighted by Crippen LogP contribution is -2.30. The van der Waals surface area contributed by atoms with E-state index in [-0.39, 0.29) is 21.4 Å². The Morgan fingerprint density at radius 3 is 2.65 bits per heavy atom. The summed E-state index contributed by atoms with van der Waals surface area (Å²) < 4.78 is 27.4. The van der Waals surface area contributed by atoms with Crippen molar-refractivity contribution in [2.75, 3.05) is 20.3 Å². The van der Waals surface area contributed by atoms with Crippen molar-refractivity contribution in [2.45, 2.75) is 11.8 Å². The van der Waals surface area contributed by atoms with Crippen molar-refractivity contribution in [3.63, 3.8) is 0 Å². The summed E-state index contributed by atoms with van der Waals surface area (Å²) in [5.74, 6) is -0.331. The molecule has 8 heteroatoms. The minimum Gasteiger partial charge on any atom is -0.384 e. The van der Waals surface area contributed by atoms with E-state index in [0.717, 1.165) is 6.07 Å². The lowest BCUT2D eigenvalue weighted by molar-refractivity contribution is 0.0934. The Kier molecular flexibility index (Phi) is 6.26. The Hall–Kier alpha value is -0.820. The van der Waals surface area contributed by atoms with Crippen LogP contribution in [0.5, 0.6) is 0 Å². The zero-order valence-corrected chi connectivity index (χ0v) is 13.3. The Balaban J connectivity index is 2.87. The first-order valence-electron chi connectivity index (χ1n) is 5.77. The second-order valence-corrected chi connectivity index (χ2v) is 7.32. The highest BCUT2D eigenvalue weighted by atomic mass is 35.7. The number of amides is 1. The molecule has 1 aromatic rings. The summed E-state index contributed by atoms with van der Waals surface area (Å²) in [4.78, 5) is 11.8. The second kappa shape index (κ2) is 7.26. The maximum Gasteiger partial charge on any atom is 0.261 e. The summed E-state index contributed by atoms with van der Waals surface area (Å²) in [5, 5.41) is 2.82. The van der Waals surface area contributed by atoms with E-state index in [2.05, 4.69) is 5.32 Å². The third-order valence-corrected chi connectivity index (χ3v) is 4.21. The third kappa shape index (κ3) is 4.94. The molecule has 1 unspecified atom stereocenters. The molecule has 0 heterocycles. The first-order valence-corrected chi connectivity index (χ1v) is 8.45. The second-order valence-electron chi connectivity index (χ2n) is 4.35. The number of rotatable bonds is 6. The first kappa shape index (κ1) is 17.2. The SMILES string of the molecule is COCC(C)CNC(=O)c1cc(S(=O)(=O)Cl)ccc1Cl. The number of carbonyl (C=O) groups is 1. The van der Waals surface area contributed by atoms with Gasteiger partial charge in [-0.1, -0.05) is 18.5 Å². The van der Waals surface area contributed by atoms with Gasteiger partial charge >= 0.3 is 0 Å². The van der Waals surface area contributed by atoms with E-state index in [0.29, 0.717) is 13.2 Å². The van der Waals surface area contributed by atoms with Crippen molar-refractivity contribution in [2.24, 2.45) is 5.92 Å². The zero-order chi connectivity index (χ0) is 15.3. The Bertz CT molecular complexity index is 589. The summed E-state index contributed by atoms with van der Waals surface area (Å²) in [6, 6.07) is 3.72. The number of methoxy groups -OCH3 is 1. The number of benzene rings is 1. The summed E-state index contributed by atoms with van der Waals surface area (Å²) in [6.45, 7) is 2.80. The van der Waals surface area contributed by atoms with Gasteiger partial charge < -0.3 is 10.1 Å². The monoisotopic (exact) mass is 339 g/mol. The number of halogens is 2. The van der Waals surface area contributed by atoms with Crippen molar-refractivity contribution in [1.29, 1.82) is 0 Å². The lowest BCUT2D eigenvalue weighted by atomic mass is 10.1. The molecular formula is C12H15Cl2NO4S. The van der Waals surface area contributed by atoms with Crippen LogP contribution in [0.2, 0.25) is 5.02 Å². The molecule has 20 heavy (non-hydrogen) atoms. The van der Waals surface area contributed by atoms with E-state index in [1.165, 1.54) is 12.1 Å². The highest BCUT2D eigenvalue weighted by molar-refractivity contribution is 8.13. The third-order valence-electron chi connectivity index (χ3n) is 2.53. The van der Waals surface area contributed by atoms with Crippen LogP contribution in [0.15, 0.2) is 23.1 Å². The zero-order valence-electron chi connectivity index (χ0n) is 11.0. The van der Waals surface area contributed by atoms with E-state index in [9.17, 15) is 13.2 Å². The fraction of sp³-hybridized carbons (Fsp3) is 0.417. The van der Waals surface area contributed by atoms with Gasteiger partial charge in [-0.05, 0) is 24.1 Å². The number of nitrogens with one attached hydrogen (secondary N) is 1. The van der Waals surface area contributed by atoms with E-state index in [4.69, 9.17) is 27.0 Å². The predicted octanol–water partition coefficient (Wildman–Crippen LogP) is 2.28. The minimum absolute atomic E-state index is 0.0676. The van der Waals surface area contributed by atoms with Crippen molar-refractivity contribution in [3.05, 3.63) is 28.8 Å². The van der Waals surface area contributed by atoms with Crippen molar-refractivity contribution in [3.8, 4) is 0 Å². The molecule has 1 aromatic carbocycles. The van der Waals surface area contributed by atoms with Gasteiger partial charge in [0.05, 0.1) is 22.1 Å². The molecule has 1 atom stereocenters. The average Bonchev–Trinajstić information content (AvgIpc) is 2.35. The fourth-order valence-electron chi connectivity index (χ4n) is 1.54. The lowest BCUT2D eigenvalue weighted by Gasteiger charge is -2.12. The molecule has 0 aromatic heterocycles. The maximum absolute atomic E-state index is 12.0. The summed E-state index contributed by atoms with van der Waals surface area (Å²) >= 11 is 5.89. The minimum atomic E-state index is -3.90. The van der Waals surface area contributed by atoms with E-state index in [1.54, 1.807) is 7.11 Å². The molecule has 1 rings (SSSR count). The van der Waals surface area contributed by atoms with Crippen LogP contribution in [-0.2, 0) is 13.8 Å². The number of hydrogen-bond donors (Lipinski definition) is 1. The van der Waals surface area contributed by atoms with Crippen LogP contribution in [0.3, 0.4) is 0 Å². The van der Waals surface area contributed by atoms with Gasteiger partial charge in [0.15, 0.2) is 0 Å². The predicted molar refractivity (Wildman–Crippen MR) is 77.9 cm³/mol. The van der Waals surface area contributed by atoms with Crippen LogP contribution in [0.4, 0.5) is 0 Å². The number of carbonyl (C=O) groups excluding carboxylic acids is 1. The molecule has 0 aliphatic carbocycles. The Morgan fingerprint density at radius 1 is 1.45 bits per heavy atom. The highest BCUT2D eigenvalue weighted by Gasteiger charge is 2.17. The molecule has 0 aliphatic heterocycles. The fourth-order valence-corrected chi connectivity index (χ4v) is 2.52. The molecule has 0 saturated heterocycles. The molecule has 1 N–H and O–H groups in total. The average molecular weight is 340 g/mol. The van der Waals surface area contributed by atoms with Crippen LogP contribution < -0.4 is 5.32 Å². The van der Waals surface area contributed by atoms with Gasteiger partial charge in [-0.3, -0.25) is 4.79 Å². The van der Waals surface area contributed by atoms with Crippen molar-refractivity contribution < 1.29 is 17.9 Å². The molecule has 0 bridgehead atoms. The van der Waals surface area contributed by atoms with E-state index < -0.39 is 15.0 Å². The van der Waals surface area contributed by atoms with Gasteiger partial charge in [0.25, 0.3) is 15.0 Å². The van der Waals surface area contributed by atoms with Crippen LogP contribution in [0.25, 0.3) is 0 Å². The van der Waals surface area contributed by atoms with Crippen molar-refractivity contribution in [1.82, 2.24) is 5.32 Å². The van der Waals surface area contributed by atoms with Crippen LogP contribution in [0.1, 0.15) is 17.3 Å². The van der Waals surface area contributed by atoms with Gasteiger partial charge in [-0.25, -0.2) is 8.42 Å². The Morgan fingerprint density at radius 2 is 2.10 bits per heavy atom. The Labute approximate surface area is 127 Å². The molecule has 1 amide bonds. The van der Waals surface area contributed by atoms with Gasteiger partial charge in [-0.15, -0.1) is 0 Å². The first-order chi connectivity index (χ1) is 9.25. The number of ether oxygens (including phenoxy) is 1. The molecule has 0 aliphatic rings. The molecule has 0 radical (unpaired) electrons. The van der Waals surface area contributed by atoms with Crippen LogP contribution in [0, 0.1) is 5.92 Å². The molecular weight excluding hydrogens is 325 g/mol. The number of hydrogen-bond acceptors (Lipinski definition) is 4. The summed E-state index contributed by atoms with van der Waals surface area (Å²) in [6.07, 6.45) is 0. The standard InChI is InChI=1S/C12H15Cl2NO4S/c1-8(7-19-2)6-15-12(16)10-5-9(20(14,17)18)3-4-11(10)13/h3-5,8H,6-7H2,1-2H3,(H,15,16). The highest BCUT2D eigenvalue weighted by Crippen LogP contribution is 2.22. The van der Waals surface area contributed by atoms with E-state index in [1.807, 2.05) is 6.92 Å². The topological polar surface area (TPSA) is 72.5 Å². The quantitative estimate of drug-likeness (QED) is 0.807. The largest absolute Gasteiger partial charge is 0.384 e. The maximum atomic E-state index is 12.0. The molecule has 112 valence electrons. The smallest absolute Gasteiger partial charge is 0.261 e. The van der Waals surface area contributed by atoms with Crippen molar-refractivity contribution >= 4 is 37.2 Å². The molecule has 5 nitrogen and oxygen atoms in total. The molecule has 0 saturated carbocycles. The van der Waals surface area contributed by atoms with Gasteiger partial charge in [0.2, 0.25) is 0 Å².